The van der Waals surface area contributed by atoms with Crippen LogP contribution in [0, 0.1) is 11.3 Å². The van der Waals surface area contributed by atoms with Crippen LogP contribution in [0.2, 0.25) is 0 Å². The molecule has 1 amide bonds. The van der Waals surface area contributed by atoms with Crippen molar-refractivity contribution in [1.29, 1.82) is 0 Å². The van der Waals surface area contributed by atoms with Crippen LogP contribution in [-0.4, -0.2) is 11.7 Å². The monoisotopic (exact) mass is 269 g/mol. The Morgan fingerprint density at radius 2 is 1.85 bits per heavy atom. The molecule has 1 aromatic rings. The first-order chi connectivity index (χ1) is 9.46. The maximum atomic E-state index is 12.5. The van der Waals surface area contributed by atoms with Gasteiger partial charge in [0.2, 0.25) is 5.91 Å². The number of rotatable bonds is 1. The molecule has 0 bridgehead atoms. The summed E-state index contributed by atoms with van der Waals surface area (Å²) in [4.78, 5) is 24.5. The van der Waals surface area contributed by atoms with E-state index in [1.807, 2.05) is 44.2 Å². The van der Waals surface area contributed by atoms with Crippen molar-refractivity contribution in [3.05, 3.63) is 47.7 Å². The molecule has 0 spiro atoms. The van der Waals surface area contributed by atoms with Crippen molar-refractivity contribution < 1.29 is 9.59 Å². The zero-order valence-corrected chi connectivity index (χ0v) is 11.8. The standard InChI is InChI=1S/C17H19NO2/c1-17(2)9-13-16(14(19)10-17)12(8-15(20)18-13)11-6-4-3-5-7-11/h3-7,9,12,16H,8,10H2,1-2H3,(H,18,20)/t12-,16+/m0/s1. The molecule has 0 radical (unpaired) electrons. The minimum absolute atomic E-state index is 0.00635. The summed E-state index contributed by atoms with van der Waals surface area (Å²) >= 11 is 0. The molecule has 1 heterocycles. The normalized spacial score (nSPS) is 28.4. The number of ketones is 1. The van der Waals surface area contributed by atoms with Gasteiger partial charge in [-0.25, -0.2) is 0 Å². The van der Waals surface area contributed by atoms with E-state index >= 15 is 0 Å². The van der Waals surface area contributed by atoms with Gasteiger partial charge < -0.3 is 5.32 Å². The van der Waals surface area contributed by atoms with Gasteiger partial charge in [0, 0.05) is 24.5 Å². The van der Waals surface area contributed by atoms with Crippen molar-refractivity contribution in [3.8, 4) is 0 Å². The second kappa shape index (κ2) is 4.58. The molecule has 0 aromatic heterocycles. The number of Topliss-reactive ketones (excluding diaryl/α,β-unsaturated/α-hetero) is 1. The van der Waals surface area contributed by atoms with Crippen LogP contribution in [0.3, 0.4) is 0 Å². The van der Waals surface area contributed by atoms with Gasteiger partial charge in [0.1, 0.15) is 5.78 Å². The second-order valence-electron chi connectivity index (χ2n) is 6.48. The van der Waals surface area contributed by atoms with E-state index in [1.165, 1.54) is 0 Å². The summed E-state index contributed by atoms with van der Waals surface area (Å²) in [5.41, 5.74) is 1.71. The van der Waals surface area contributed by atoms with Gasteiger partial charge in [0.15, 0.2) is 0 Å². The maximum Gasteiger partial charge on any atom is 0.224 e. The van der Waals surface area contributed by atoms with Crippen molar-refractivity contribution in [2.24, 2.45) is 11.3 Å². The molecule has 104 valence electrons. The molecular weight excluding hydrogens is 250 g/mol. The second-order valence-corrected chi connectivity index (χ2v) is 6.48. The number of hydrogen-bond donors (Lipinski definition) is 1. The number of hydrogen-bond acceptors (Lipinski definition) is 2. The number of allylic oxidation sites excluding steroid dienone is 2. The number of carbonyl (C=O) groups is 2. The fraction of sp³-hybridized carbons (Fsp3) is 0.412. The Morgan fingerprint density at radius 1 is 1.15 bits per heavy atom. The average Bonchev–Trinajstić information content (AvgIpc) is 2.36. The first-order valence-corrected chi connectivity index (χ1v) is 7.06. The van der Waals surface area contributed by atoms with Crippen LogP contribution in [-0.2, 0) is 9.59 Å². The summed E-state index contributed by atoms with van der Waals surface area (Å²) in [5.74, 6) is 0.0242. The SMILES string of the molecule is CC1(C)C=C2NC(=O)C[C@@H](c3ccccc3)[C@H]2C(=O)C1. The number of amides is 1. The lowest BCUT2D eigenvalue weighted by molar-refractivity contribution is -0.128. The van der Waals surface area contributed by atoms with E-state index in [-0.39, 0.29) is 28.9 Å². The summed E-state index contributed by atoms with van der Waals surface area (Å²) in [6.45, 7) is 4.07. The van der Waals surface area contributed by atoms with E-state index < -0.39 is 0 Å². The van der Waals surface area contributed by atoms with Crippen LogP contribution >= 0.6 is 0 Å². The zero-order chi connectivity index (χ0) is 14.3. The highest BCUT2D eigenvalue weighted by Gasteiger charge is 2.43. The molecule has 2 aliphatic rings. The van der Waals surface area contributed by atoms with Gasteiger partial charge in [-0.3, -0.25) is 9.59 Å². The third kappa shape index (κ3) is 2.28. The molecule has 3 heteroatoms. The Kier molecular flexibility index (Phi) is 3.00. The fourth-order valence-corrected chi connectivity index (χ4v) is 3.39. The molecule has 0 unspecified atom stereocenters. The molecule has 1 aliphatic heterocycles. The summed E-state index contributed by atoms with van der Waals surface area (Å²) in [7, 11) is 0. The number of carbonyl (C=O) groups excluding carboxylic acids is 2. The molecular formula is C17H19NO2. The van der Waals surface area contributed by atoms with Gasteiger partial charge in [-0.2, -0.15) is 0 Å². The quantitative estimate of drug-likeness (QED) is 0.852. The highest BCUT2D eigenvalue weighted by molar-refractivity contribution is 5.92. The van der Waals surface area contributed by atoms with Crippen molar-refractivity contribution in [2.45, 2.75) is 32.6 Å². The van der Waals surface area contributed by atoms with Gasteiger partial charge in [-0.05, 0) is 11.0 Å². The Bertz CT molecular complexity index is 586. The molecule has 1 N–H and O–H groups in total. The minimum atomic E-state index is -0.192. The number of benzene rings is 1. The van der Waals surface area contributed by atoms with E-state index in [2.05, 4.69) is 11.4 Å². The smallest absolute Gasteiger partial charge is 0.224 e. The Hall–Kier alpha value is -1.90. The largest absolute Gasteiger partial charge is 0.329 e. The van der Waals surface area contributed by atoms with E-state index in [1.54, 1.807) is 0 Å². The first kappa shape index (κ1) is 13.1. The van der Waals surface area contributed by atoms with Crippen LogP contribution in [0.5, 0.6) is 0 Å². The summed E-state index contributed by atoms with van der Waals surface area (Å²) in [6.07, 6.45) is 2.99. The molecule has 1 fully saturated rings. The lowest BCUT2D eigenvalue weighted by atomic mass is 9.68. The Labute approximate surface area is 119 Å². The molecule has 1 saturated heterocycles. The van der Waals surface area contributed by atoms with Gasteiger partial charge in [-0.1, -0.05) is 50.3 Å². The van der Waals surface area contributed by atoms with Gasteiger partial charge in [0.05, 0.1) is 5.92 Å². The number of piperidine rings is 1. The summed E-state index contributed by atoms with van der Waals surface area (Å²) < 4.78 is 0. The fourth-order valence-electron chi connectivity index (χ4n) is 3.39. The number of nitrogens with one attached hydrogen (secondary N) is 1. The number of fused-ring (bicyclic) bond motifs is 1. The van der Waals surface area contributed by atoms with Crippen LogP contribution in [0.15, 0.2) is 42.1 Å². The van der Waals surface area contributed by atoms with Gasteiger partial charge >= 0.3 is 0 Å². The topological polar surface area (TPSA) is 46.2 Å². The zero-order valence-electron chi connectivity index (χ0n) is 11.8. The van der Waals surface area contributed by atoms with Crippen molar-refractivity contribution in [2.75, 3.05) is 0 Å². The highest BCUT2D eigenvalue weighted by atomic mass is 16.2. The summed E-state index contributed by atoms with van der Waals surface area (Å²) in [6, 6.07) is 9.89. The molecule has 2 atom stereocenters. The maximum absolute atomic E-state index is 12.5. The van der Waals surface area contributed by atoms with E-state index in [0.717, 1.165) is 11.3 Å². The van der Waals surface area contributed by atoms with Crippen LogP contribution in [0.1, 0.15) is 38.2 Å². The van der Waals surface area contributed by atoms with Crippen molar-refractivity contribution in [3.63, 3.8) is 0 Å². The van der Waals surface area contributed by atoms with Crippen molar-refractivity contribution in [1.82, 2.24) is 5.32 Å². The molecule has 0 saturated carbocycles. The van der Waals surface area contributed by atoms with E-state index in [4.69, 9.17) is 0 Å². The average molecular weight is 269 g/mol. The van der Waals surface area contributed by atoms with Gasteiger partial charge in [0.25, 0.3) is 0 Å². The lowest BCUT2D eigenvalue weighted by Crippen LogP contribution is -2.45. The summed E-state index contributed by atoms with van der Waals surface area (Å²) in [5, 5.41) is 2.91. The van der Waals surface area contributed by atoms with E-state index in [0.29, 0.717) is 12.8 Å². The molecule has 1 aromatic carbocycles. The molecule has 3 nitrogen and oxygen atoms in total. The highest BCUT2D eigenvalue weighted by Crippen LogP contribution is 2.43. The van der Waals surface area contributed by atoms with Crippen LogP contribution < -0.4 is 5.32 Å². The molecule has 20 heavy (non-hydrogen) atoms. The third-order valence-corrected chi connectivity index (χ3v) is 4.18. The van der Waals surface area contributed by atoms with Crippen molar-refractivity contribution >= 4 is 11.7 Å². The Balaban J connectivity index is 2.04. The molecule has 1 aliphatic carbocycles. The third-order valence-electron chi connectivity index (χ3n) is 4.18. The van der Waals surface area contributed by atoms with E-state index in [9.17, 15) is 9.59 Å². The van der Waals surface area contributed by atoms with Crippen LogP contribution in [0.25, 0.3) is 0 Å². The lowest BCUT2D eigenvalue weighted by Gasteiger charge is -2.39. The molecule has 3 rings (SSSR count). The predicted molar refractivity (Wildman–Crippen MR) is 76.9 cm³/mol. The first-order valence-electron chi connectivity index (χ1n) is 7.06. The predicted octanol–water partition coefficient (Wildman–Crippen LogP) is 2.79. The Morgan fingerprint density at radius 3 is 2.55 bits per heavy atom. The van der Waals surface area contributed by atoms with Crippen LogP contribution in [0.4, 0.5) is 0 Å². The minimum Gasteiger partial charge on any atom is -0.329 e. The van der Waals surface area contributed by atoms with Gasteiger partial charge in [-0.15, -0.1) is 0 Å².